The summed E-state index contributed by atoms with van der Waals surface area (Å²) in [5.41, 5.74) is 6.62. The van der Waals surface area contributed by atoms with Gasteiger partial charge in [-0.05, 0) is 31.9 Å². The van der Waals surface area contributed by atoms with Gasteiger partial charge in [-0.15, -0.1) is 0 Å². The molecule has 1 aromatic rings. The fraction of sp³-hybridized carbons (Fsp3) is 0.533. The van der Waals surface area contributed by atoms with Gasteiger partial charge < -0.3 is 15.2 Å². The van der Waals surface area contributed by atoms with Gasteiger partial charge in [-0.2, -0.15) is 0 Å². The van der Waals surface area contributed by atoms with Gasteiger partial charge >= 0.3 is 5.97 Å². The topological polar surface area (TPSA) is 61.5 Å². The van der Waals surface area contributed by atoms with Crippen molar-refractivity contribution in [2.24, 2.45) is 5.73 Å². The first kappa shape index (κ1) is 16.8. The van der Waals surface area contributed by atoms with Crippen LogP contribution < -0.4 is 10.5 Å². The Morgan fingerprint density at radius 2 is 2.20 bits per heavy atom. The summed E-state index contributed by atoms with van der Waals surface area (Å²) < 4.78 is 10.5. The molecule has 0 amide bonds. The minimum Gasteiger partial charge on any atom is -0.482 e. The average molecular weight is 300 g/mol. The van der Waals surface area contributed by atoms with Crippen molar-refractivity contribution < 1.29 is 14.3 Å². The molecular formula is C15H22ClNO3. The number of carbonyl (C=O) groups excluding carboxylic acids is 1. The van der Waals surface area contributed by atoms with Crippen molar-refractivity contribution in [3.05, 3.63) is 28.8 Å². The molecule has 1 rings (SSSR count). The quantitative estimate of drug-likeness (QED) is 0.592. The van der Waals surface area contributed by atoms with Crippen LogP contribution in [-0.4, -0.2) is 25.2 Å². The molecule has 0 aliphatic carbocycles. The molecule has 0 spiro atoms. The average Bonchev–Trinajstić information content (AvgIpc) is 2.39. The molecule has 1 atom stereocenters. The molecule has 0 saturated carbocycles. The molecule has 0 aliphatic rings. The van der Waals surface area contributed by atoms with Crippen molar-refractivity contribution in [1.29, 1.82) is 0 Å². The maximum absolute atomic E-state index is 11.5. The van der Waals surface area contributed by atoms with E-state index in [1.165, 1.54) is 0 Å². The Bertz CT molecular complexity index is 435. The lowest BCUT2D eigenvalue weighted by atomic mass is 10.1. The van der Waals surface area contributed by atoms with Crippen LogP contribution in [0.15, 0.2) is 18.2 Å². The maximum atomic E-state index is 11.5. The summed E-state index contributed by atoms with van der Waals surface area (Å²) in [6.07, 6.45) is 2.44. The third kappa shape index (κ3) is 5.80. The monoisotopic (exact) mass is 299 g/mol. The maximum Gasteiger partial charge on any atom is 0.344 e. The van der Waals surface area contributed by atoms with E-state index in [1.807, 2.05) is 13.8 Å². The van der Waals surface area contributed by atoms with E-state index in [0.717, 1.165) is 18.4 Å². The number of nitrogens with two attached hydrogens (primary N) is 1. The summed E-state index contributed by atoms with van der Waals surface area (Å²) in [5.74, 6) is 0.215. The molecule has 0 heterocycles. The third-order valence-electron chi connectivity index (χ3n) is 2.71. The number of esters is 1. The van der Waals surface area contributed by atoms with Gasteiger partial charge in [-0.25, -0.2) is 4.79 Å². The lowest BCUT2D eigenvalue weighted by molar-refractivity contribution is -0.146. The minimum atomic E-state index is -0.370. The number of halogens is 1. The molecule has 2 N–H and O–H groups in total. The number of rotatable bonds is 8. The van der Waals surface area contributed by atoms with Gasteiger partial charge in [0, 0.05) is 16.6 Å². The standard InChI is InChI=1S/C15H22ClNO3/c1-3-4-8-19-15(18)10-20-14-7-5-6-13(16)12(14)9-11(2)17/h5-7,11H,3-4,8-10,17H2,1-2H3. The first-order chi connectivity index (χ1) is 9.54. The van der Waals surface area contributed by atoms with Crippen LogP contribution in [0.1, 0.15) is 32.3 Å². The lowest BCUT2D eigenvalue weighted by Crippen LogP contribution is -2.20. The van der Waals surface area contributed by atoms with Crippen molar-refractivity contribution in [2.45, 2.75) is 39.2 Å². The second-order valence-electron chi connectivity index (χ2n) is 4.76. The minimum absolute atomic E-state index is 0.0336. The Labute approximate surface area is 125 Å². The second-order valence-corrected chi connectivity index (χ2v) is 5.17. The van der Waals surface area contributed by atoms with Crippen LogP contribution in [0.3, 0.4) is 0 Å². The van der Waals surface area contributed by atoms with E-state index in [1.54, 1.807) is 18.2 Å². The molecule has 1 aromatic carbocycles. The Kier molecular flexibility index (Phi) is 7.41. The Hall–Kier alpha value is -1.26. The molecule has 0 radical (unpaired) electrons. The molecule has 1 unspecified atom stereocenters. The van der Waals surface area contributed by atoms with E-state index in [2.05, 4.69) is 0 Å². The Morgan fingerprint density at radius 3 is 2.85 bits per heavy atom. The summed E-state index contributed by atoms with van der Waals surface area (Å²) in [4.78, 5) is 11.5. The first-order valence-corrected chi connectivity index (χ1v) is 7.23. The van der Waals surface area contributed by atoms with Crippen LogP contribution in [-0.2, 0) is 16.0 Å². The summed E-state index contributed by atoms with van der Waals surface area (Å²) >= 11 is 6.14. The van der Waals surface area contributed by atoms with E-state index in [4.69, 9.17) is 26.8 Å². The molecule has 0 aliphatic heterocycles. The molecule has 0 bridgehead atoms. The van der Waals surface area contributed by atoms with Crippen molar-refractivity contribution in [3.63, 3.8) is 0 Å². The van der Waals surface area contributed by atoms with E-state index in [9.17, 15) is 4.79 Å². The fourth-order valence-corrected chi connectivity index (χ4v) is 1.95. The zero-order valence-corrected chi connectivity index (χ0v) is 12.8. The number of benzene rings is 1. The predicted octanol–water partition coefficient (Wildman–Crippen LogP) is 2.95. The highest BCUT2D eigenvalue weighted by atomic mass is 35.5. The van der Waals surface area contributed by atoms with Crippen LogP contribution in [0.2, 0.25) is 5.02 Å². The zero-order chi connectivity index (χ0) is 15.0. The van der Waals surface area contributed by atoms with Crippen LogP contribution in [0, 0.1) is 0 Å². The molecule has 0 aromatic heterocycles. The Balaban J connectivity index is 2.58. The van der Waals surface area contributed by atoms with Crippen LogP contribution in [0.5, 0.6) is 5.75 Å². The summed E-state index contributed by atoms with van der Waals surface area (Å²) in [5, 5.41) is 0.596. The number of hydrogen-bond donors (Lipinski definition) is 1. The summed E-state index contributed by atoms with van der Waals surface area (Å²) in [6.45, 7) is 4.25. The number of ether oxygens (including phenoxy) is 2. The lowest BCUT2D eigenvalue weighted by Gasteiger charge is -2.14. The van der Waals surface area contributed by atoms with Gasteiger partial charge in [0.25, 0.3) is 0 Å². The van der Waals surface area contributed by atoms with E-state index in [0.29, 0.717) is 23.8 Å². The van der Waals surface area contributed by atoms with E-state index < -0.39 is 0 Å². The Morgan fingerprint density at radius 1 is 1.45 bits per heavy atom. The van der Waals surface area contributed by atoms with Crippen LogP contribution in [0.4, 0.5) is 0 Å². The van der Waals surface area contributed by atoms with Gasteiger partial charge in [-0.1, -0.05) is 31.0 Å². The molecule has 0 fully saturated rings. The highest BCUT2D eigenvalue weighted by molar-refractivity contribution is 6.31. The molecule has 4 nitrogen and oxygen atoms in total. The number of carbonyl (C=O) groups is 1. The van der Waals surface area contributed by atoms with E-state index in [-0.39, 0.29) is 18.6 Å². The van der Waals surface area contributed by atoms with Crippen LogP contribution in [0.25, 0.3) is 0 Å². The second kappa shape index (κ2) is 8.82. The molecule has 20 heavy (non-hydrogen) atoms. The molecule has 5 heteroatoms. The van der Waals surface area contributed by atoms with Gasteiger partial charge in [0.05, 0.1) is 6.61 Å². The largest absolute Gasteiger partial charge is 0.482 e. The smallest absolute Gasteiger partial charge is 0.344 e. The summed E-state index contributed by atoms with van der Waals surface area (Å²) in [7, 11) is 0. The fourth-order valence-electron chi connectivity index (χ4n) is 1.70. The predicted molar refractivity (Wildman–Crippen MR) is 80.2 cm³/mol. The number of hydrogen-bond acceptors (Lipinski definition) is 4. The van der Waals surface area contributed by atoms with E-state index >= 15 is 0 Å². The van der Waals surface area contributed by atoms with Gasteiger partial charge in [0.1, 0.15) is 5.75 Å². The van der Waals surface area contributed by atoms with Crippen molar-refractivity contribution in [1.82, 2.24) is 0 Å². The van der Waals surface area contributed by atoms with Crippen molar-refractivity contribution in [3.8, 4) is 5.75 Å². The van der Waals surface area contributed by atoms with Crippen molar-refractivity contribution in [2.75, 3.05) is 13.2 Å². The van der Waals surface area contributed by atoms with Gasteiger partial charge in [0.15, 0.2) is 6.61 Å². The molecule has 112 valence electrons. The van der Waals surface area contributed by atoms with Crippen molar-refractivity contribution >= 4 is 17.6 Å². The normalized spacial score (nSPS) is 12.0. The highest BCUT2D eigenvalue weighted by Gasteiger charge is 2.12. The highest BCUT2D eigenvalue weighted by Crippen LogP contribution is 2.27. The zero-order valence-electron chi connectivity index (χ0n) is 12.0. The van der Waals surface area contributed by atoms with Crippen LogP contribution >= 0.6 is 11.6 Å². The summed E-state index contributed by atoms with van der Waals surface area (Å²) in [6, 6.07) is 5.31. The van der Waals surface area contributed by atoms with Gasteiger partial charge in [0.2, 0.25) is 0 Å². The van der Waals surface area contributed by atoms with Gasteiger partial charge in [-0.3, -0.25) is 0 Å². The SMILES string of the molecule is CCCCOC(=O)COc1cccc(Cl)c1CC(C)N. The number of unbranched alkanes of at least 4 members (excludes halogenated alkanes) is 1. The molecular weight excluding hydrogens is 278 g/mol. The first-order valence-electron chi connectivity index (χ1n) is 6.86. The third-order valence-corrected chi connectivity index (χ3v) is 3.06. The molecule has 0 saturated heterocycles.